The molecule has 1 aliphatic carbocycles. The molecule has 3 N–H and O–H groups in total. The maximum Gasteiger partial charge on any atom is 0.338 e. The molecule has 0 radical (unpaired) electrons. The van der Waals surface area contributed by atoms with E-state index >= 15 is 0 Å². The standard InChI is InChI=1S/C13H15FN2O3/c14-11-7-9(3-4-10(11)12(17)18)16-13(19)15-6-5-8-1-2-8/h3-4,7-8H,1-2,5-6H2,(H,17,18)(H2,15,16,19). The van der Waals surface area contributed by atoms with Crippen LogP contribution in [0.15, 0.2) is 18.2 Å². The smallest absolute Gasteiger partial charge is 0.338 e. The summed E-state index contributed by atoms with van der Waals surface area (Å²) in [5.41, 5.74) is -0.189. The monoisotopic (exact) mass is 266 g/mol. The highest BCUT2D eigenvalue weighted by molar-refractivity contribution is 5.91. The van der Waals surface area contributed by atoms with Crippen LogP contribution in [0.1, 0.15) is 29.6 Å². The van der Waals surface area contributed by atoms with Gasteiger partial charge < -0.3 is 15.7 Å². The fourth-order valence-electron chi connectivity index (χ4n) is 1.74. The summed E-state index contributed by atoms with van der Waals surface area (Å²) in [4.78, 5) is 22.1. The molecule has 19 heavy (non-hydrogen) atoms. The van der Waals surface area contributed by atoms with Crippen molar-refractivity contribution in [1.82, 2.24) is 5.32 Å². The van der Waals surface area contributed by atoms with Crippen LogP contribution in [0.25, 0.3) is 0 Å². The van der Waals surface area contributed by atoms with Crippen LogP contribution in [0, 0.1) is 11.7 Å². The maximum absolute atomic E-state index is 13.4. The van der Waals surface area contributed by atoms with Gasteiger partial charge in [-0.15, -0.1) is 0 Å². The van der Waals surface area contributed by atoms with E-state index in [-0.39, 0.29) is 5.69 Å². The lowest BCUT2D eigenvalue weighted by atomic mass is 10.2. The van der Waals surface area contributed by atoms with Gasteiger partial charge in [-0.3, -0.25) is 0 Å². The second-order valence-electron chi connectivity index (χ2n) is 4.61. The number of anilines is 1. The van der Waals surface area contributed by atoms with E-state index in [2.05, 4.69) is 10.6 Å². The Morgan fingerprint density at radius 2 is 2.11 bits per heavy atom. The summed E-state index contributed by atoms with van der Waals surface area (Å²) in [7, 11) is 0. The van der Waals surface area contributed by atoms with Crippen LogP contribution in [-0.4, -0.2) is 23.7 Å². The van der Waals surface area contributed by atoms with E-state index < -0.39 is 23.4 Å². The maximum atomic E-state index is 13.4. The fourth-order valence-corrected chi connectivity index (χ4v) is 1.74. The lowest BCUT2D eigenvalue weighted by Crippen LogP contribution is -2.29. The van der Waals surface area contributed by atoms with E-state index in [4.69, 9.17) is 5.11 Å². The van der Waals surface area contributed by atoms with E-state index in [1.165, 1.54) is 18.9 Å². The van der Waals surface area contributed by atoms with Gasteiger partial charge in [-0.25, -0.2) is 14.0 Å². The minimum Gasteiger partial charge on any atom is -0.478 e. The van der Waals surface area contributed by atoms with Gasteiger partial charge in [0.2, 0.25) is 0 Å². The number of halogens is 1. The molecule has 1 aromatic rings. The molecule has 0 aromatic heterocycles. The molecule has 102 valence electrons. The van der Waals surface area contributed by atoms with Crippen molar-refractivity contribution in [1.29, 1.82) is 0 Å². The number of carboxylic acids is 1. The van der Waals surface area contributed by atoms with Gasteiger partial charge >= 0.3 is 12.0 Å². The van der Waals surface area contributed by atoms with Crippen molar-refractivity contribution in [2.45, 2.75) is 19.3 Å². The van der Waals surface area contributed by atoms with E-state index in [1.807, 2.05) is 0 Å². The Morgan fingerprint density at radius 3 is 2.68 bits per heavy atom. The highest BCUT2D eigenvalue weighted by Gasteiger charge is 2.20. The quantitative estimate of drug-likeness (QED) is 0.766. The largest absolute Gasteiger partial charge is 0.478 e. The molecule has 0 bridgehead atoms. The first-order chi connectivity index (χ1) is 9.06. The molecule has 1 aromatic carbocycles. The molecule has 1 fully saturated rings. The van der Waals surface area contributed by atoms with Crippen LogP contribution in [0.3, 0.4) is 0 Å². The van der Waals surface area contributed by atoms with Crippen molar-refractivity contribution in [2.24, 2.45) is 5.92 Å². The zero-order valence-electron chi connectivity index (χ0n) is 10.3. The highest BCUT2D eigenvalue weighted by Crippen LogP contribution is 2.31. The van der Waals surface area contributed by atoms with Crippen LogP contribution in [0.2, 0.25) is 0 Å². The molecular formula is C13H15FN2O3. The van der Waals surface area contributed by atoms with Gasteiger partial charge in [0.25, 0.3) is 0 Å². The van der Waals surface area contributed by atoms with Gasteiger partial charge in [0.15, 0.2) is 0 Å². The summed E-state index contributed by atoms with van der Waals surface area (Å²) in [5, 5.41) is 13.8. The first-order valence-corrected chi connectivity index (χ1v) is 6.14. The van der Waals surface area contributed by atoms with E-state index in [9.17, 15) is 14.0 Å². The van der Waals surface area contributed by atoms with Crippen molar-refractivity contribution >= 4 is 17.7 Å². The van der Waals surface area contributed by atoms with Crippen molar-refractivity contribution < 1.29 is 19.1 Å². The first-order valence-electron chi connectivity index (χ1n) is 6.14. The number of carbonyl (C=O) groups excluding carboxylic acids is 1. The van der Waals surface area contributed by atoms with Crippen molar-refractivity contribution in [3.63, 3.8) is 0 Å². The third-order valence-electron chi connectivity index (χ3n) is 2.99. The third-order valence-corrected chi connectivity index (χ3v) is 2.99. The van der Waals surface area contributed by atoms with Gasteiger partial charge in [-0.2, -0.15) is 0 Å². The Balaban J connectivity index is 1.85. The van der Waals surface area contributed by atoms with E-state index in [0.717, 1.165) is 24.5 Å². The number of amides is 2. The van der Waals surface area contributed by atoms with Gasteiger partial charge in [-0.1, -0.05) is 12.8 Å². The Hall–Kier alpha value is -2.11. The molecule has 2 rings (SSSR count). The van der Waals surface area contributed by atoms with Gasteiger partial charge in [-0.05, 0) is 30.5 Å². The number of benzene rings is 1. The number of aromatic carboxylic acids is 1. The zero-order chi connectivity index (χ0) is 13.8. The number of hydrogen-bond donors (Lipinski definition) is 3. The average Bonchev–Trinajstić information content (AvgIpc) is 3.12. The van der Waals surface area contributed by atoms with Crippen molar-refractivity contribution in [2.75, 3.05) is 11.9 Å². The van der Waals surface area contributed by atoms with Gasteiger partial charge in [0.05, 0.1) is 5.56 Å². The Kier molecular flexibility index (Phi) is 3.99. The predicted molar refractivity (Wildman–Crippen MR) is 67.7 cm³/mol. The molecule has 0 aliphatic heterocycles. The third kappa shape index (κ3) is 3.94. The summed E-state index contributed by atoms with van der Waals surface area (Å²) in [6, 6.07) is 3.05. The Bertz CT molecular complexity index is 501. The molecule has 1 aliphatic rings. The SMILES string of the molecule is O=C(NCCC1CC1)Nc1ccc(C(=O)O)c(F)c1. The molecule has 1 saturated carbocycles. The molecule has 5 nitrogen and oxygen atoms in total. The summed E-state index contributed by atoms with van der Waals surface area (Å²) >= 11 is 0. The number of carboxylic acid groups (broad SMARTS) is 1. The van der Waals surface area contributed by atoms with Gasteiger partial charge in [0, 0.05) is 12.2 Å². The van der Waals surface area contributed by atoms with Crippen molar-refractivity contribution in [3.8, 4) is 0 Å². The normalized spacial score (nSPS) is 13.9. The fraction of sp³-hybridized carbons (Fsp3) is 0.385. The van der Waals surface area contributed by atoms with E-state index in [1.54, 1.807) is 0 Å². The lowest BCUT2D eigenvalue weighted by molar-refractivity contribution is 0.0692. The summed E-state index contributed by atoms with van der Waals surface area (Å²) in [6.07, 6.45) is 3.41. The summed E-state index contributed by atoms with van der Waals surface area (Å²) < 4.78 is 13.4. The molecule has 0 atom stereocenters. The lowest BCUT2D eigenvalue weighted by Gasteiger charge is -2.08. The second kappa shape index (κ2) is 5.69. The average molecular weight is 266 g/mol. The molecular weight excluding hydrogens is 251 g/mol. The number of rotatable bonds is 5. The molecule has 0 saturated heterocycles. The first kappa shape index (κ1) is 13.3. The Morgan fingerprint density at radius 1 is 1.37 bits per heavy atom. The van der Waals surface area contributed by atoms with Crippen LogP contribution >= 0.6 is 0 Å². The second-order valence-corrected chi connectivity index (χ2v) is 4.61. The van der Waals surface area contributed by atoms with Crippen LogP contribution < -0.4 is 10.6 Å². The molecule has 6 heteroatoms. The van der Waals surface area contributed by atoms with Crippen LogP contribution in [-0.2, 0) is 0 Å². The topological polar surface area (TPSA) is 78.4 Å². The number of urea groups is 1. The van der Waals surface area contributed by atoms with E-state index in [0.29, 0.717) is 6.54 Å². The molecule has 0 unspecified atom stereocenters. The zero-order valence-corrected chi connectivity index (χ0v) is 10.3. The van der Waals surface area contributed by atoms with Crippen LogP contribution in [0.5, 0.6) is 0 Å². The molecule has 0 heterocycles. The summed E-state index contributed by atoms with van der Waals surface area (Å²) in [5.74, 6) is -1.48. The number of hydrogen-bond acceptors (Lipinski definition) is 2. The number of nitrogens with one attached hydrogen (secondary N) is 2. The highest BCUT2D eigenvalue weighted by atomic mass is 19.1. The van der Waals surface area contributed by atoms with Crippen LogP contribution in [0.4, 0.5) is 14.9 Å². The van der Waals surface area contributed by atoms with Crippen molar-refractivity contribution in [3.05, 3.63) is 29.6 Å². The number of carbonyl (C=O) groups is 2. The molecule has 0 spiro atoms. The predicted octanol–water partition coefficient (Wildman–Crippen LogP) is 2.45. The molecule has 2 amide bonds. The minimum atomic E-state index is -1.34. The minimum absolute atomic E-state index is 0.228. The summed E-state index contributed by atoms with van der Waals surface area (Å²) in [6.45, 7) is 0.589. The van der Waals surface area contributed by atoms with Gasteiger partial charge in [0.1, 0.15) is 5.82 Å². The Labute approximate surface area is 109 Å².